The third-order valence-corrected chi connectivity index (χ3v) is 5.67. The molecule has 34 heavy (non-hydrogen) atoms. The van der Waals surface area contributed by atoms with E-state index in [1.54, 1.807) is 7.11 Å². The van der Waals surface area contributed by atoms with Gasteiger partial charge in [-0.15, -0.1) is 0 Å². The Balaban J connectivity index is 0.000000406. The number of likely N-dealkylation sites (tertiary alicyclic amines) is 1. The maximum Gasteiger partial charge on any atom is 0.490 e. The lowest BCUT2D eigenvalue weighted by molar-refractivity contribution is -0.192. The summed E-state index contributed by atoms with van der Waals surface area (Å²) in [5.74, 6) is -1.60. The van der Waals surface area contributed by atoms with Crippen LogP contribution in [0.25, 0.3) is 0 Å². The summed E-state index contributed by atoms with van der Waals surface area (Å²) in [6.07, 6.45) is -2.42. The Hall–Kier alpha value is -3.12. The third kappa shape index (κ3) is 6.70. The van der Waals surface area contributed by atoms with Crippen molar-refractivity contribution in [2.75, 3.05) is 26.7 Å². The molecule has 0 saturated carbocycles. The number of aliphatic carboxylic acids is 1. The van der Waals surface area contributed by atoms with Crippen molar-refractivity contribution in [2.24, 2.45) is 0 Å². The molecule has 186 valence electrons. The average Bonchev–Trinajstić information content (AvgIpc) is 3.25. The van der Waals surface area contributed by atoms with E-state index >= 15 is 0 Å². The van der Waals surface area contributed by atoms with Crippen LogP contribution in [-0.2, 0) is 24.3 Å². The fraction of sp³-hybridized carbons (Fsp3) is 0.500. The van der Waals surface area contributed by atoms with E-state index in [-0.39, 0.29) is 11.9 Å². The number of nitrogens with one attached hydrogen (secondary N) is 2. The number of ether oxygens (including phenoxy) is 1. The number of methoxy groups -OCH3 is 1. The number of alkyl halides is 3. The molecular weight excluding hydrogens is 457 g/mol. The summed E-state index contributed by atoms with van der Waals surface area (Å²) >= 11 is 0. The zero-order valence-electron chi connectivity index (χ0n) is 18.7. The minimum atomic E-state index is -5.08. The maximum atomic E-state index is 12.6. The summed E-state index contributed by atoms with van der Waals surface area (Å²) in [7, 11) is 1.71. The fourth-order valence-electron chi connectivity index (χ4n) is 3.88. The van der Waals surface area contributed by atoms with Crippen LogP contribution in [0.4, 0.5) is 13.2 Å². The molecule has 0 atom stereocenters. The highest BCUT2D eigenvalue weighted by Crippen LogP contribution is 2.22. The molecule has 0 aliphatic carbocycles. The SMILES string of the molecule is COc1ccccc1CN1CCC(NC(=O)c2onc3c2CNCC3)CC1.O=C(O)C(F)(F)F. The van der Waals surface area contributed by atoms with E-state index in [1.807, 2.05) is 18.2 Å². The number of para-hydroxylation sites is 1. The Labute approximate surface area is 194 Å². The molecular formula is C22H27F3N4O5. The molecule has 0 unspecified atom stereocenters. The van der Waals surface area contributed by atoms with Crippen LogP contribution in [0.3, 0.4) is 0 Å². The number of carbonyl (C=O) groups excluding carboxylic acids is 1. The second-order valence-electron chi connectivity index (χ2n) is 8.00. The van der Waals surface area contributed by atoms with Crippen LogP contribution >= 0.6 is 0 Å². The number of hydrogen-bond acceptors (Lipinski definition) is 7. The number of carboxylic acid groups (broad SMARTS) is 1. The van der Waals surface area contributed by atoms with Gasteiger partial charge < -0.3 is 25.0 Å². The van der Waals surface area contributed by atoms with Gasteiger partial charge in [-0.05, 0) is 18.9 Å². The standard InChI is InChI=1S/C20H26N4O3.C2HF3O2/c1-26-18-5-3-2-4-14(18)13-24-10-7-15(8-11-24)22-20(25)19-16-12-21-9-6-17(16)23-27-19;3-2(4,5)1(6)7/h2-5,15,21H,6-13H2,1H3,(H,22,25);(H,6,7). The molecule has 4 rings (SSSR count). The van der Waals surface area contributed by atoms with E-state index in [0.29, 0.717) is 12.3 Å². The first-order valence-electron chi connectivity index (χ1n) is 10.8. The second-order valence-corrected chi connectivity index (χ2v) is 8.00. The van der Waals surface area contributed by atoms with Crippen molar-refractivity contribution < 1.29 is 37.1 Å². The molecule has 1 aromatic carbocycles. The van der Waals surface area contributed by atoms with Gasteiger partial charge in [-0.2, -0.15) is 13.2 Å². The molecule has 12 heteroatoms. The van der Waals surface area contributed by atoms with Gasteiger partial charge in [0, 0.05) is 56.3 Å². The maximum absolute atomic E-state index is 12.6. The van der Waals surface area contributed by atoms with Crippen LogP contribution < -0.4 is 15.4 Å². The number of hydrogen-bond donors (Lipinski definition) is 3. The number of carboxylic acids is 1. The van der Waals surface area contributed by atoms with E-state index < -0.39 is 12.1 Å². The predicted octanol–water partition coefficient (Wildman–Crippen LogP) is 2.36. The molecule has 1 fully saturated rings. The number of nitrogens with zero attached hydrogens (tertiary/aromatic N) is 2. The van der Waals surface area contributed by atoms with Gasteiger partial charge in [0.1, 0.15) is 5.75 Å². The molecule has 0 spiro atoms. The van der Waals surface area contributed by atoms with Crippen LogP contribution in [-0.4, -0.2) is 66.0 Å². The molecule has 0 bridgehead atoms. The topological polar surface area (TPSA) is 117 Å². The van der Waals surface area contributed by atoms with E-state index in [2.05, 4.69) is 26.8 Å². The minimum Gasteiger partial charge on any atom is -0.496 e. The number of rotatable bonds is 5. The fourth-order valence-corrected chi connectivity index (χ4v) is 3.88. The highest BCUT2D eigenvalue weighted by molar-refractivity contribution is 5.93. The molecule has 2 aliphatic heterocycles. The molecule has 1 saturated heterocycles. The van der Waals surface area contributed by atoms with Crippen LogP contribution in [0.15, 0.2) is 28.8 Å². The van der Waals surface area contributed by atoms with Gasteiger partial charge in [0.25, 0.3) is 5.91 Å². The normalized spacial score (nSPS) is 16.7. The van der Waals surface area contributed by atoms with Gasteiger partial charge in [-0.25, -0.2) is 4.79 Å². The highest BCUT2D eigenvalue weighted by Gasteiger charge is 2.38. The Morgan fingerprint density at radius 1 is 1.29 bits per heavy atom. The number of halogens is 3. The van der Waals surface area contributed by atoms with E-state index in [9.17, 15) is 18.0 Å². The quantitative estimate of drug-likeness (QED) is 0.592. The average molecular weight is 484 g/mol. The summed E-state index contributed by atoms with van der Waals surface area (Å²) in [5, 5.41) is 17.6. The molecule has 3 heterocycles. The zero-order chi connectivity index (χ0) is 24.7. The van der Waals surface area contributed by atoms with Crippen molar-refractivity contribution in [2.45, 2.75) is 44.6 Å². The number of amides is 1. The summed E-state index contributed by atoms with van der Waals surface area (Å²) in [6.45, 7) is 4.29. The molecule has 2 aliphatic rings. The summed E-state index contributed by atoms with van der Waals surface area (Å²) in [5.41, 5.74) is 3.01. The lowest BCUT2D eigenvalue weighted by Gasteiger charge is -2.32. The van der Waals surface area contributed by atoms with Crippen LogP contribution in [0.1, 0.15) is 40.2 Å². The first kappa shape index (κ1) is 25.5. The molecule has 1 amide bonds. The smallest absolute Gasteiger partial charge is 0.490 e. The van der Waals surface area contributed by atoms with Gasteiger partial charge in [-0.3, -0.25) is 9.69 Å². The Kier molecular flexibility index (Phi) is 8.51. The molecule has 2 aromatic rings. The number of benzene rings is 1. The minimum absolute atomic E-state index is 0.143. The summed E-state index contributed by atoms with van der Waals surface area (Å²) < 4.78 is 42.5. The first-order valence-corrected chi connectivity index (χ1v) is 10.8. The van der Waals surface area contributed by atoms with E-state index in [1.165, 1.54) is 5.56 Å². The van der Waals surface area contributed by atoms with Crippen LogP contribution in [0.5, 0.6) is 5.75 Å². The summed E-state index contributed by atoms with van der Waals surface area (Å²) in [6, 6.07) is 8.30. The van der Waals surface area contributed by atoms with Gasteiger partial charge in [0.05, 0.1) is 12.8 Å². The van der Waals surface area contributed by atoms with Gasteiger partial charge in [0.2, 0.25) is 5.76 Å². The monoisotopic (exact) mass is 484 g/mol. The lowest BCUT2D eigenvalue weighted by Crippen LogP contribution is -2.44. The number of piperidine rings is 1. The Morgan fingerprint density at radius 2 is 1.97 bits per heavy atom. The van der Waals surface area contributed by atoms with Crippen molar-refractivity contribution in [3.8, 4) is 5.75 Å². The lowest BCUT2D eigenvalue weighted by atomic mass is 10.0. The first-order chi connectivity index (χ1) is 16.2. The third-order valence-electron chi connectivity index (χ3n) is 5.67. The van der Waals surface area contributed by atoms with Crippen molar-refractivity contribution >= 4 is 11.9 Å². The number of aromatic nitrogens is 1. The summed E-state index contributed by atoms with van der Waals surface area (Å²) in [4.78, 5) is 23.9. The van der Waals surface area contributed by atoms with Crippen molar-refractivity contribution in [3.63, 3.8) is 0 Å². The van der Waals surface area contributed by atoms with Gasteiger partial charge in [0.15, 0.2) is 0 Å². The van der Waals surface area contributed by atoms with Crippen molar-refractivity contribution in [1.82, 2.24) is 20.7 Å². The molecule has 0 radical (unpaired) electrons. The molecule has 9 nitrogen and oxygen atoms in total. The Bertz CT molecular complexity index is 987. The van der Waals surface area contributed by atoms with E-state index in [4.69, 9.17) is 19.2 Å². The second kappa shape index (κ2) is 11.3. The number of carbonyl (C=O) groups is 2. The zero-order valence-corrected chi connectivity index (χ0v) is 18.7. The van der Waals surface area contributed by atoms with Gasteiger partial charge in [-0.1, -0.05) is 23.4 Å². The van der Waals surface area contributed by atoms with Gasteiger partial charge >= 0.3 is 12.1 Å². The van der Waals surface area contributed by atoms with E-state index in [0.717, 1.165) is 62.4 Å². The van der Waals surface area contributed by atoms with Crippen molar-refractivity contribution in [1.29, 1.82) is 0 Å². The number of fused-ring (bicyclic) bond motifs is 1. The molecule has 3 N–H and O–H groups in total. The molecule has 1 aromatic heterocycles. The van der Waals surface area contributed by atoms with Crippen LogP contribution in [0.2, 0.25) is 0 Å². The predicted molar refractivity (Wildman–Crippen MR) is 114 cm³/mol. The van der Waals surface area contributed by atoms with Crippen LogP contribution in [0, 0.1) is 0 Å². The highest BCUT2D eigenvalue weighted by atomic mass is 19.4. The Morgan fingerprint density at radius 3 is 2.62 bits per heavy atom. The van der Waals surface area contributed by atoms with Crippen molar-refractivity contribution in [3.05, 3.63) is 46.8 Å². The largest absolute Gasteiger partial charge is 0.496 e.